The molecule has 0 aliphatic carbocycles. The Balaban J connectivity index is 1.52. The topological polar surface area (TPSA) is 87.4 Å². The van der Waals surface area contributed by atoms with E-state index in [4.69, 9.17) is 4.98 Å². The summed E-state index contributed by atoms with van der Waals surface area (Å²) in [5.41, 5.74) is 3.44. The molecule has 1 aliphatic rings. The minimum atomic E-state index is -0.312. The van der Waals surface area contributed by atoms with Crippen LogP contribution in [0.25, 0.3) is 27.8 Å². The molecule has 1 amide bonds. The van der Waals surface area contributed by atoms with E-state index >= 15 is 0 Å². The Morgan fingerprint density at radius 3 is 2.57 bits per heavy atom. The van der Waals surface area contributed by atoms with Crippen molar-refractivity contribution in [3.63, 3.8) is 0 Å². The summed E-state index contributed by atoms with van der Waals surface area (Å²) in [4.78, 5) is 27.6. The molecule has 0 atom stereocenters. The molecule has 1 N–H and O–H groups in total. The Morgan fingerprint density at radius 1 is 1.11 bits per heavy atom. The third-order valence-corrected chi connectivity index (χ3v) is 6.97. The van der Waals surface area contributed by atoms with E-state index in [-0.39, 0.29) is 18.3 Å². The number of aliphatic hydroxyl groups is 1. The summed E-state index contributed by atoms with van der Waals surface area (Å²) in [6, 6.07) is 10.0. The molecule has 10 heteroatoms. The second kappa shape index (κ2) is 10.0. The number of thiophene rings is 1. The van der Waals surface area contributed by atoms with E-state index in [1.165, 1.54) is 23.5 Å². The SMILES string of the molecule is Cc1cnc(-n2ncc(C(=O)N3CCN(CCO)CC3)c2-c2cccs2)nc1-c1ccc(F)cc1. The number of carbonyl (C=O) groups excluding carboxylic acids is 1. The highest BCUT2D eigenvalue weighted by Crippen LogP contribution is 2.31. The number of nitrogens with zero attached hydrogens (tertiary/aromatic N) is 6. The third-order valence-electron chi connectivity index (χ3n) is 6.10. The number of aromatic nitrogens is 4. The fraction of sp³-hybridized carbons (Fsp3) is 0.280. The number of aliphatic hydroxyl groups excluding tert-OH is 1. The van der Waals surface area contributed by atoms with Crippen molar-refractivity contribution in [3.8, 4) is 27.8 Å². The predicted octanol–water partition coefficient (Wildman–Crippen LogP) is 3.26. The van der Waals surface area contributed by atoms with Gasteiger partial charge < -0.3 is 10.0 Å². The molecule has 1 aromatic carbocycles. The van der Waals surface area contributed by atoms with Crippen molar-refractivity contribution in [2.75, 3.05) is 39.3 Å². The number of carbonyl (C=O) groups is 1. The molecule has 0 spiro atoms. The molecular weight excluding hydrogens is 467 g/mol. The van der Waals surface area contributed by atoms with Gasteiger partial charge in [0.05, 0.1) is 28.9 Å². The Bertz CT molecular complexity index is 1310. The number of benzene rings is 1. The number of piperazine rings is 1. The van der Waals surface area contributed by atoms with Crippen molar-refractivity contribution in [1.82, 2.24) is 29.5 Å². The molecule has 3 aromatic heterocycles. The molecule has 0 saturated carbocycles. The van der Waals surface area contributed by atoms with Crippen molar-refractivity contribution >= 4 is 17.2 Å². The monoisotopic (exact) mass is 492 g/mol. The van der Waals surface area contributed by atoms with E-state index < -0.39 is 0 Å². The van der Waals surface area contributed by atoms with Gasteiger partial charge in [0.2, 0.25) is 0 Å². The molecule has 0 bridgehead atoms. The molecule has 0 radical (unpaired) electrons. The van der Waals surface area contributed by atoms with Crippen molar-refractivity contribution in [2.24, 2.45) is 0 Å². The lowest BCUT2D eigenvalue weighted by Crippen LogP contribution is -2.49. The number of rotatable bonds is 6. The van der Waals surface area contributed by atoms with E-state index in [1.807, 2.05) is 29.3 Å². The maximum atomic E-state index is 13.5. The lowest BCUT2D eigenvalue weighted by atomic mass is 10.1. The highest BCUT2D eigenvalue weighted by atomic mass is 32.1. The summed E-state index contributed by atoms with van der Waals surface area (Å²) in [6.07, 6.45) is 3.29. The van der Waals surface area contributed by atoms with Crippen LogP contribution in [0.4, 0.5) is 4.39 Å². The maximum absolute atomic E-state index is 13.5. The van der Waals surface area contributed by atoms with Crippen LogP contribution in [0.5, 0.6) is 0 Å². The van der Waals surface area contributed by atoms with Crippen LogP contribution in [0, 0.1) is 12.7 Å². The molecule has 1 aliphatic heterocycles. The van der Waals surface area contributed by atoms with E-state index in [0.29, 0.717) is 42.5 Å². The summed E-state index contributed by atoms with van der Waals surface area (Å²) in [5, 5.41) is 15.7. The molecule has 1 fully saturated rings. The number of aryl methyl sites for hydroxylation is 1. The van der Waals surface area contributed by atoms with Gasteiger partial charge in [-0.2, -0.15) is 9.78 Å². The molecule has 1 saturated heterocycles. The summed E-state index contributed by atoms with van der Waals surface area (Å²) in [6.45, 7) is 5.24. The fourth-order valence-electron chi connectivity index (χ4n) is 4.23. The average Bonchev–Trinajstić information content (AvgIpc) is 3.55. The average molecular weight is 493 g/mol. The first kappa shape index (κ1) is 23.3. The van der Waals surface area contributed by atoms with E-state index in [9.17, 15) is 14.3 Å². The Kier molecular flexibility index (Phi) is 6.67. The van der Waals surface area contributed by atoms with Gasteiger partial charge in [-0.05, 0) is 48.2 Å². The van der Waals surface area contributed by atoms with Crippen LogP contribution >= 0.6 is 11.3 Å². The molecular formula is C25H25FN6O2S. The van der Waals surface area contributed by atoms with Gasteiger partial charge in [0.1, 0.15) is 11.5 Å². The van der Waals surface area contributed by atoms with Crippen molar-refractivity contribution in [2.45, 2.75) is 6.92 Å². The smallest absolute Gasteiger partial charge is 0.257 e. The number of halogens is 1. The van der Waals surface area contributed by atoms with E-state index in [1.54, 1.807) is 29.2 Å². The van der Waals surface area contributed by atoms with Crippen LogP contribution < -0.4 is 0 Å². The van der Waals surface area contributed by atoms with E-state index in [0.717, 1.165) is 29.1 Å². The van der Waals surface area contributed by atoms with Crippen molar-refractivity contribution in [1.29, 1.82) is 0 Å². The van der Waals surface area contributed by atoms with Crippen LogP contribution in [0.3, 0.4) is 0 Å². The Hall–Kier alpha value is -3.47. The zero-order chi connectivity index (χ0) is 24.4. The lowest BCUT2D eigenvalue weighted by molar-refractivity contribution is 0.0616. The predicted molar refractivity (Wildman–Crippen MR) is 132 cm³/mol. The number of β-amino-alcohol motifs (C(OH)–C–C–N with tert-alkyl or cyclic N) is 1. The molecule has 5 rings (SSSR count). The lowest BCUT2D eigenvalue weighted by Gasteiger charge is -2.34. The molecule has 35 heavy (non-hydrogen) atoms. The van der Waals surface area contributed by atoms with Crippen LogP contribution in [0.1, 0.15) is 15.9 Å². The van der Waals surface area contributed by atoms with Gasteiger partial charge in [-0.1, -0.05) is 6.07 Å². The zero-order valence-electron chi connectivity index (χ0n) is 19.3. The van der Waals surface area contributed by atoms with Gasteiger partial charge in [-0.25, -0.2) is 14.4 Å². The number of amides is 1. The fourth-order valence-corrected chi connectivity index (χ4v) is 5.00. The minimum Gasteiger partial charge on any atom is -0.395 e. The zero-order valence-corrected chi connectivity index (χ0v) is 20.1. The molecule has 0 unspecified atom stereocenters. The normalized spacial score (nSPS) is 14.4. The first-order valence-corrected chi connectivity index (χ1v) is 12.3. The molecule has 8 nitrogen and oxygen atoms in total. The highest BCUT2D eigenvalue weighted by molar-refractivity contribution is 7.13. The second-order valence-electron chi connectivity index (χ2n) is 8.36. The van der Waals surface area contributed by atoms with Crippen LogP contribution in [-0.2, 0) is 0 Å². The Morgan fingerprint density at radius 2 is 1.89 bits per heavy atom. The number of hydrogen-bond acceptors (Lipinski definition) is 7. The van der Waals surface area contributed by atoms with Crippen LogP contribution in [0.15, 0.2) is 54.2 Å². The first-order valence-electron chi connectivity index (χ1n) is 11.4. The summed E-state index contributed by atoms with van der Waals surface area (Å²) in [7, 11) is 0. The van der Waals surface area contributed by atoms with Gasteiger partial charge in [-0.3, -0.25) is 9.69 Å². The van der Waals surface area contributed by atoms with Gasteiger partial charge in [0, 0.05) is 44.5 Å². The molecule has 4 aromatic rings. The maximum Gasteiger partial charge on any atom is 0.257 e. The highest BCUT2D eigenvalue weighted by Gasteiger charge is 2.28. The van der Waals surface area contributed by atoms with Crippen LogP contribution in [0.2, 0.25) is 0 Å². The summed E-state index contributed by atoms with van der Waals surface area (Å²) < 4.78 is 15.1. The van der Waals surface area contributed by atoms with Gasteiger partial charge in [0.15, 0.2) is 0 Å². The van der Waals surface area contributed by atoms with Gasteiger partial charge in [0.25, 0.3) is 11.9 Å². The summed E-state index contributed by atoms with van der Waals surface area (Å²) >= 11 is 1.52. The van der Waals surface area contributed by atoms with Gasteiger partial charge in [-0.15, -0.1) is 11.3 Å². The molecule has 180 valence electrons. The second-order valence-corrected chi connectivity index (χ2v) is 9.31. The van der Waals surface area contributed by atoms with Crippen molar-refractivity contribution in [3.05, 3.63) is 71.1 Å². The minimum absolute atomic E-state index is 0.0887. The largest absolute Gasteiger partial charge is 0.395 e. The van der Waals surface area contributed by atoms with Gasteiger partial charge >= 0.3 is 0 Å². The van der Waals surface area contributed by atoms with Crippen LogP contribution in [-0.4, -0.2) is 79.9 Å². The summed E-state index contributed by atoms with van der Waals surface area (Å²) in [5.74, 6) is -0.0626. The molecule has 4 heterocycles. The standard InChI is InChI=1S/C25H25FN6O2S/c1-17-15-27-25(29-22(17)18-4-6-19(26)7-5-18)32-23(21-3-2-14-35-21)20(16-28-32)24(34)31-10-8-30(9-11-31)12-13-33/h2-7,14-16,33H,8-13H2,1H3. The van der Waals surface area contributed by atoms with Crippen molar-refractivity contribution < 1.29 is 14.3 Å². The van der Waals surface area contributed by atoms with E-state index in [2.05, 4.69) is 15.0 Å². The first-order chi connectivity index (χ1) is 17.0. The third kappa shape index (κ3) is 4.72. The Labute approximate surface area is 206 Å². The number of hydrogen-bond donors (Lipinski definition) is 1. The quantitative estimate of drug-likeness (QED) is 0.445.